The number of aryl methyl sites for hydroxylation is 2. The lowest BCUT2D eigenvalue weighted by atomic mass is 10.1. The molecular weight excluding hydrogens is 334 g/mol. The largest absolute Gasteiger partial charge is 0.465 e. The van der Waals surface area contributed by atoms with Gasteiger partial charge in [-0.1, -0.05) is 15.9 Å². The Hall–Kier alpha value is -2.08. The number of hydrogen-bond acceptors (Lipinski definition) is 5. The first-order valence-corrected chi connectivity index (χ1v) is 7.10. The first kappa shape index (κ1) is 15.3. The van der Waals surface area contributed by atoms with Gasteiger partial charge in [-0.3, -0.25) is 0 Å². The zero-order valence-electron chi connectivity index (χ0n) is 12.0. The van der Waals surface area contributed by atoms with Gasteiger partial charge in [0.15, 0.2) is 5.82 Å². The van der Waals surface area contributed by atoms with E-state index in [-0.39, 0.29) is 5.69 Å². The molecule has 0 unspecified atom stereocenters. The number of nitrogens with zero attached hydrogens (tertiary/aromatic N) is 1. The minimum absolute atomic E-state index is 0.270. The van der Waals surface area contributed by atoms with Crippen LogP contribution < -0.4 is 11.1 Å². The van der Waals surface area contributed by atoms with Crippen LogP contribution in [-0.4, -0.2) is 18.1 Å². The van der Waals surface area contributed by atoms with Gasteiger partial charge in [-0.05, 0) is 43.2 Å². The van der Waals surface area contributed by atoms with E-state index in [1.165, 1.54) is 19.4 Å². The smallest absolute Gasteiger partial charge is 0.340 e. The van der Waals surface area contributed by atoms with Crippen molar-refractivity contribution >= 4 is 39.1 Å². The van der Waals surface area contributed by atoms with Gasteiger partial charge in [-0.15, -0.1) is 0 Å². The molecule has 2 aromatic rings. The molecule has 0 aliphatic rings. The van der Waals surface area contributed by atoms with Crippen LogP contribution in [0.15, 0.2) is 28.9 Å². The highest BCUT2D eigenvalue weighted by Gasteiger charge is 2.15. The minimum atomic E-state index is -0.484. The van der Waals surface area contributed by atoms with Crippen LogP contribution in [0.25, 0.3) is 0 Å². The molecule has 110 valence electrons. The minimum Gasteiger partial charge on any atom is -0.465 e. The Balaban J connectivity index is 2.44. The molecule has 0 radical (unpaired) electrons. The second-order valence-electron chi connectivity index (χ2n) is 4.65. The number of rotatable bonds is 3. The normalized spacial score (nSPS) is 10.3. The number of nitrogens with two attached hydrogens (primary N) is 1. The van der Waals surface area contributed by atoms with E-state index in [0.717, 1.165) is 21.3 Å². The average molecular weight is 350 g/mol. The zero-order valence-corrected chi connectivity index (χ0v) is 13.6. The quantitative estimate of drug-likeness (QED) is 0.828. The van der Waals surface area contributed by atoms with Crippen molar-refractivity contribution in [3.8, 4) is 0 Å². The number of methoxy groups -OCH3 is 1. The van der Waals surface area contributed by atoms with Gasteiger partial charge < -0.3 is 15.8 Å². The first-order valence-electron chi connectivity index (χ1n) is 6.30. The molecule has 21 heavy (non-hydrogen) atoms. The molecule has 0 bridgehead atoms. The van der Waals surface area contributed by atoms with E-state index in [4.69, 9.17) is 10.5 Å². The van der Waals surface area contributed by atoms with E-state index in [1.807, 2.05) is 26.0 Å². The summed E-state index contributed by atoms with van der Waals surface area (Å²) in [5, 5.41) is 3.19. The Morgan fingerprint density at radius 3 is 2.52 bits per heavy atom. The number of nitrogen functional groups attached to an aromatic ring is 1. The second kappa shape index (κ2) is 6.13. The van der Waals surface area contributed by atoms with Gasteiger partial charge in [0.25, 0.3) is 0 Å². The zero-order chi connectivity index (χ0) is 15.6. The molecule has 0 atom stereocenters. The molecule has 6 heteroatoms. The van der Waals surface area contributed by atoms with Crippen LogP contribution in [0.1, 0.15) is 21.5 Å². The molecule has 0 aliphatic carbocycles. The lowest BCUT2D eigenvalue weighted by Gasteiger charge is -2.15. The van der Waals surface area contributed by atoms with Crippen molar-refractivity contribution in [1.82, 2.24) is 4.98 Å². The Kier molecular flexibility index (Phi) is 4.47. The molecule has 0 fully saturated rings. The summed E-state index contributed by atoms with van der Waals surface area (Å²) in [4.78, 5) is 15.9. The summed E-state index contributed by atoms with van der Waals surface area (Å²) in [6.45, 7) is 3.97. The third-order valence-corrected chi connectivity index (χ3v) is 3.59. The third-order valence-electron chi connectivity index (χ3n) is 3.14. The van der Waals surface area contributed by atoms with Gasteiger partial charge in [0.2, 0.25) is 0 Å². The van der Waals surface area contributed by atoms with Crippen molar-refractivity contribution in [3.05, 3.63) is 45.6 Å². The van der Waals surface area contributed by atoms with Gasteiger partial charge in [-0.25, -0.2) is 9.78 Å². The van der Waals surface area contributed by atoms with Gasteiger partial charge >= 0.3 is 5.97 Å². The summed E-state index contributed by atoms with van der Waals surface area (Å²) in [6, 6.07) is 5.53. The van der Waals surface area contributed by atoms with E-state index in [0.29, 0.717) is 11.4 Å². The molecule has 0 amide bonds. The highest BCUT2D eigenvalue weighted by molar-refractivity contribution is 9.10. The average Bonchev–Trinajstić information content (AvgIpc) is 2.43. The number of esters is 1. The van der Waals surface area contributed by atoms with E-state index < -0.39 is 5.97 Å². The number of pyridine rings is 1. The van der Waals surface area contributed by atoms with Crippen molar-refractivity contribution in [3.63, 3.8) is 0 Å². The maximum atomic E-state index is 11.7. The Morgan fingerprint density at radius 2 is 1.95 bits per heavy atom. The molecule has 0 saturated carbocycles. The highest BCUT2D eigenvalue weighted by atomic mass is 79.9. The van der Waals surface area contributed by atoms with Gasteiger partial charge in [0.1, 0.15) is 0 Å². The summed E-state index contributed by atoms with van der Waals surface area (Å²) in [5.41, 5.74) is 9.58. The summed E-state index contributed by atoms with van der Waals surface area (Å²) in [7, 11) is 1.32. The Labute approximate surface area is 131 Å². The van der Waals surface area contributed by atoms with Crippen LogP contribution in [0.5, 0.6) is 0 Å². The van der Waals surface area contributed by atoms with Crippen LogP contribution in [0, 0.1) is 13.8 Å². The molecule has 0 aliphatic heterocycles. The molecule has 1 heterocycles. The third kappa shape index (κ3) is 3.16. The number of ether oxygens (including phenoxy) is 1. The molecule has 0 spiro atoms. The number of hydrogen-bond donors (Lipinski definition) is 2. The summed E-state index contributed by atoms with van der Waals surface area (Å²) in [5.74, 6) is -0.0476. The maximum Gasteiger partial charge on any atom is 0.340 e. The monoisotopic (exact) mass is 349 g/mol. The van der Waals surface area contributed by atoms with E-state index in [9.17, 15) is 4.79 Å². The van der Waals surface area contributed by atoms with Crippen molar-refractivity contribution in [2.75, 3.05) is 18.2 Å². The highest BCUT2D eigenvalue weighted by Crippen LogP contribution is 2.30. The number of benzene rings is 1. The predicted molar refractivity (Wildman–Crippen MR) is 86.9 cm³/mol. The molecule has 5 nitrogen and oxygen atoms in total. The van der Waals surface area contributed by atoms with Crippen molar-refractivity contribution < 1.29 is 9.53 Å². The summed E-state index contributed by atoms with van der Waals surface area (Å²) >= 11 is 3.46. The number of carbonyl (C=O) groups excluding carboxylic acids is 1. The summed E-state index contributed by atoms with van der Waals surface area (Å²) in [6.07, 6.45) is 1.52. The molecule has 1 aromatic carbocycles. The molecule has 3 N–H and O–H groups in total. The lowest BCUT2D eigenvalue weighted by molar-refractivity contribution is 0.0602. The molecule has 2 rings (SSSR count). The number of halogens is 1. The fourth-order valence-electron chi connectivity index (χ4n) is 2.09. The van der Waals surface area contributed by atoms with Crippen molar-refractivity contribution in [2.45, 2.75) is 13.8 Å². The summed E-state index contributed by atoms with van der Waals surface area (Å²) < 4.78 is 5.71. The SMILES string of the molecule is COC(=O)c1ccnc(Nc2c(C)cc(Br)cc2C)c1N. The Bertz CT molecular complexity index is 678. The molecule has 0 saturated heterocycles. The Morgan fingerprint density at radius 1 is 1.33 bits per heavy atom. The van der Waals surface area contributed by atoms with Crippen LogP contribution in [0.3, 0.4) is 0 Å². The van der Waals surface area contributed by atoms with Crippen LogP contribution in [-0.2, 0) is 4.74 Å². The lowest BCUT2D eigenvalue weighted by Crippen LogP contribution is -2.09. The van der Waals surface area contributed by atoms with Gasteiger partial charge in [0, 0.05) is 16.4 Å². The number of aromatic nitrogens is 1. The predicted octanol–water partition coefficient (Wildman–Crippen LogP) is 3.57. The standard InChI is InChI=1S/C15H16BrN3O2/c1-8-6-10(16)7-9(2)13(8)19-14-12(17)11(4-5-18-14)15(20)21-3/h4-7H,17H2,1-3H3,(H,18,19). The van der Waals surface area contributed by atoms with Crippen LogP contribution >= 0.6 is 15.9 Å². The van der Waals surface area contributed by atoms with Crippen molar-refractivity contribution in [1.29, 1.82) is 0 Å². The van der Waals surface area contributed by atoms with Gasteiger partial charge in [-0.2, -0.15) is 0 Å². The fourth-order valence-corrected chi connectivity index (χ4v) is 2.77. The maximum absolute atomic E-state index is 11.7. The van der Waals surface area contributed by atoms with Crippen molar-refractivity contribution in [2.24, 2.45) is 0 Å². The number of anilines is 3. The van der Waals surface area contributed by atoms with Crippen LogP contribution in [0.2, 0.25) is 0 Å². The van der Waals surface area contributed by atoms with Crippen LogP contribution in [0.4, 0.5) is 17.2 Å². The number of carbonyl (C=O) groups is 1. The molecular formula is C15H16BrN3O2. The fraction of sp³-hybridized carbons (Fsp3) is 0.200. The topological polar surface area (TPSA) is 77.2 Å². The van der Waals surface area contributed by atoms with E-state index >= 15 is 0 Å². The second-order valence-corrected chi connectivity index (χ2v) is 5.57. The van der Waals surface area contributed by atoms with E-state index in [1.54, 1.807) is 0 Å². The number of nitrogens with one attached hydrogen (secondary N) is 1. The van der Waals surface area contributed by atoms with Gasteiger partial charge in [0.05, 0.1) is 18.4 Å². The first-order chi connectivity index (χ1) is 9.93. The van der Waals surface area contributed by atoms with E-state index in [2.05, 4.69) is 26.2 Å². The molecule has 1 aromatic heterocycles.